The lowest BCUT2D eigenvalue weighted by Crippen LogP contribution is -2.16. The zero-order chi connectivity index (χ0) is 24.5. The standard InChI is InChI=1S/C26H23FN2O4S/c1-3-13-33-21-11-5-17(6-12-21)14-19(15-28)24(30)29-25-23(26(31)32-4-2)22(16-34-25)18-7-9-20(27)10-8-18/h5-12,14,16H,3-4,13H2,1-2H3,(H,29,30). The van der Waals surface area contributed by atoms with E-state index < -0.39 is 17.7 Å². The second-order valence-corrected chi connectivity index (χ2v) is 8.00. The topological polar surface area (TPSA) is 88.4 Å². The minimum Gasteiger partial charge on any atom is -0.494 e. The van der Waals surface area contributed by atoms with Crippen molar-refractivity contribution in [2.24, 2.45) is 0 Å². The number of nitrogens with zero attached hydrogens (tertiary/aromatic N) is 1. The first-order chi connectivity index (χ1) is 16.5. The van der Waals surface area contributed by atoms with Crippen molar-refractivity contribution in [3.63, 3.8) is 0 Å². The van der Waals surface area contributed by atoms with Crippen LogP contribution in [0.25, 0.3) is 17.2 Å². The molecule has 0 aliphatic carbocycles. The molecule has 6 nitrogen and oxygen atoms in total. The Hall–Kier alpha value is -3.96. The summed E-state index contributed by atoms with van der Waals surface area (Å²) in [4.78, 5) is 25.5. The van der Waals surface area contributed by atoms with Gasteiger partial charge in [0.25, 0.3) is 5.91 Å². The number of rotatable bonds is 9. The first-order valence-corrected chi connectivity index (χ1v) is 11.5. The number of carbonyl (C=O) groups is 2. The van der Waals surface area contributed by atoms with Gasteiger partial charge in [0.15, 0.2) is 0 Å². The Balaban J connectivity index is 1.87. The minimum atomic E-state index is -0.660. The highest BCUT2D eigenvalue weighted by molar-refractivity contribution is 7.15. The summed E-state index contributed by atoms with van der Waals surface area (Å²) < 4.78 is 24.1. The summed E-state index contributed by atoms with van der Waals surface area (Å²) in [6.07, 6.45) is 2.34. The number of halogens is 1. The van der Waals surface area contributed by atoms with Crippen molar-refractivity contribution in [3.8, 4) is 22.9 Å². The third kappa shape index (κ3) is 6.09. The number of hydrogen-bond acceptors (Lipinski definition) is 6. The molecule has 0 saturated carbocycles. The second kappa shape index (κ2) is 11.8. The Morgan fingerprint density at radius 3 is 2.44 bits per heavy atom. The molecule has 34 heavy (non-hydrogen) atoms. The van der Waals surface area contributed by atoms with Crippen LogP contribution in [0.15, 0.2) is 59.5 Å². The van der Waals surface area contributed by atoms with E-state index in [0.717, 1.165) is 17.8 Å². The summed E-state index contributed by atoms with van der Waals surface area (Å²) in [5.74, 6) is -0.984. The number of thiophene rings is 1. The highest BCUT2D eigenvalue weighted by atomic mass is 32.1. The fraction of sp³-hybridized carbons (Fsp3) is 0.192. The number of nitriles is 1. The summed E-state index contributed by atoms with van der Waals surface area (Å²) in [7, 11) is 0. The van der Waals surface area contributed by atoms with E-state index in [1.165, 1.54) is 18.2 Å². The Kier molecular flexibility index (Phi) is 8.54. The quantitative estimate of drug-likeness (QED) is 0.229. The van der Waals surface area contributed by atoms with Crippen LogP contribution in [0, 0.1) is 17.1 Å². The maximum absolute atomic E-state index is 13.4. The van der Waals surface area contributed by atoms with Crippen molar-refractivity contribution in [2.75, 3.05) is 18.5 Å². The fourth-order valence-corrected chi connectivity index (χ4v) is 4.02. The molecule has 8 heteroatoms. The molecule has 0 fully saturated rings. The average molecular weight is 479 g/mol. The van der Waals surface area contributed by atoms with Crippen LogP contribution < -0.4 is 10.1 Å². The zero-order valence-electron chi connectivity index (χ0n) is 18.8. The normalized spacial score (nSPS) is 10.9. The molecule has 3 rings (SSSR count). The summed E-state index contributed by atoms with van der Waals surface area (Å²) >= 11 is 1.12. The molecule has 0 saturated heterocycles. The van der Waals surface area contributed by atoms with Crippen LogP contribution >= 0.6 is 11.3 Å². The van der Waals surface area contributed by atoms with Crippen molar-refractivity contribution in [1.82, 2.24) is 0 Å². The number of nitrogens with one attached hydrogen (secondary N) is 1. The molecule has 1 heterocycles. The highest BCUT2D eigenvalue weighted by Gasteiger charge is 2.23. The number of carbonyl (C=O) groups excluding carboxylic acids is 2. The van der Waals surface area contributed by atoms with Crippen LogP contribution in [0.4, 0.5) is 9.39 Å². The lowest BCUT2D eigenvalue weighted by Gasteiger charge is -2.09. The van der Waals surface area contributed by atoms with Crippen LogP contribution in [-0.2, 0) is 9.53 Å². The molecule has 2 aromatic carbocycles. The molecule has 0 spiro atoms. The number of benzene rings is 2. The number of anilines is 1. The second-order valence-electron chi connectivity index (χ2n) is 7.12. The molecule has 0 aliphatic heterocycles. The molecule has 0 radical (unpaired) electrons. The Labute approximate surface area is 201 Å². The SMILES string of the molecule is CCCOc1ccc(C=C(C#N)C(=O)Nc2scc(-c3ccc(F)cc3)c2C(=O)OCC)cc1. The van der Waals surface area contributed by atoms with Gasteiger partial charge in [-0.15, -0.1) is 11.3 Å². The smallest absolute Gasteiger partial charge is 0.341 e. The number of ether oxygens (including phenoxy) is 2. The molecule has 1 aromatic heterocycles. The predicted octanol–water partition coefficient (Wildman–Crippen LogP) is 6.07. The van der Waals surface area contributed by atoms with Gasteiger partial charge in [-0.05, 0) is 54.8 Å². The van der Waals surface area contributed by atoms with Gasteiger partial charge in [0, 0.05) is 10.9 Å². The van der Waals surface area contributed by atoms with Gasteiger partial charge in [0.1, 0.15) is 33.8 Å². The molecule has 0 unspecified atom stereocenters. The lowest BCUT2D eigenvalue weighted by atomic mass is 10.0. The first kappa shape index (κ1) is 24.7. The number of hydrogen-bond donors (Lipinski definition) is 1. The van der Waals surface area contributed by atoms with Gasteiger partial charge in [-0.1, -0.05) is 31.2 Å². The highest BCUT2D eigenvalue weighted by Crippen LogP contribution is 2.36. The molecule has 174 valence electrons. The molecule has 0 aliphatic rings. The number of esters is 1. The van der Waals surface area contributed by atoms with E-state index in [0.29, 0.717) is 29.0 Å². The maximum atomic E-state index is 13.4. The third-order valence-corrected chi connectivity index (χ3v) is 5.58. The number of amides is 1. The van der Waals surface area contributed by atoms with Gasteiger partial charge >= 0.3 is 5.97 Å². The predicted molar refractivity (Wildman–Crippen MR) is 130 cm³/mol. The molecule has 1 N–H and O–H groups in total. The van der Waals surface area contributed by atoms with Crippen LogP contribution in [0.2, 0.25) is 0 Å². The molecule has 0 atom stereocenters. The van der Waals surface area contributed by atoms with Gasteiger partial charge in [-0.2, -0.15) is 5.26 Å². The minimum absolute atomic E-state index is 0.131. The van der Waals surface area contributed by atoms with Gasteiger partial charge in [-0.25, -0.2) is 9.18 Å². The Morgan fingerprint density at radius 2 is 1.82 bits per heavy atom. The van der Waals surface area contributed by atoms with Gasteiger partial charge in [0.05, 0.1) is 13.2 Å². The van der Waals surface area contributed by atoms with E-state index in [1.54, 1.807) is 48.7 Å². The van der Waals surface area contributed by atoms with Crippen molar-refractivity contribution in [2.45, 2.75) is 20.3 Å². The van der Waals surface area contributed by atoms with E-state index in [1.807, 2.05) is 13.0 Å². The Bertz CT molecular complexity index is 1230. The van der Waals surface area contributed by atoms with E-state index in [4.69, 9.17) is 9.47 Å². The van der Waals surface area contributed by atoms with Gasteiger partial charge in [-0.3, -0.25) is 4.79 Å². The van der Waals surface area contributed by atoms with E-state index in [2.05, 4.69) is 5.32 Å². The lowest BCUT2D eigenvalue weighted by molar-refractivity contribution is -0.112. The van der Waals surface area contributed by atoms with E-state index in [-0.39, 0.29) is 22.7 Å². The van der Waals surface area contributed by atoms with Gasteiger partial charge < -0.3 is 14.8 Å². The summed E-state index contributed by atoms with van der Waals surface area (Å²) in [5.41, 5.74) is 1.78. The van der Waals surface area contributed by atoms with Crippen molar-refractivity contribution >= 4 is 34.3 Å². The third-order valence-electron chi connectivity index (χ3n) is 4.68. The van der Waals surface area contributed by atoms with Crippen LogP contribution in [0.5, 0.6) is 5.75 Å². The summed E-state index contributed by atoms with van der Waals surface area (Å²) in [5, 5.41) is 14.1. The molecular formula is C26H23FN2O4S. The van der Waals surface area contributed by atoms with Crippen LogP contribution in [0.3, 0.4) is 0 Å². The van der Waals surface area contributed by atoms with Crippen molar-refractivity contribution in [1.29, 1.82) is 5.26 Å². The average Bonchev–Trinajstić information content (AvgIpc) is 3.26. The largest absolute Gasteiger partial charge is 0.494 e. The first-order valence-electron chi connectivity index (χ1n) is 10.7. The van der Waals surface area contributed by atoms with E-state index in [9.17, 15) is 19.2 Å². The molecule has 0 bridgehead atoms. The van der Waals surface area contributed by atoms with Gasteiger partial charge in [0.2, 0.25) is 0 Å². The zero-order valence-corrected chi connectivity index (χ0v) is 19.6. The molecular weight excluding hydrogens is 455 g/mol. The molecule has 3 aromatic rings. The fourth-order valence-electron chi connectivity index (χ4n) is 3.06. The Morgan fingerprint density at radius 1 is 1.12 bits per heavy atom. The van der Waals surface area contributed by atoms with Crippen molar-refractivity contribution in [3.05, 3.63) is 76.4 Å². The summed E-state index contributed by atoms with van der Waals surface area (Å²) in [6, 6.07) is 14.6. The van der Waals surface area contributed by atoms with Crippen LogP contribution in [0.1, 0.15) is 36.2 Å². The summed E-state index contributed by atoms with van der Waals surface area (Å²) in [6.45, 7) is 4.43. The van der Waals surface area contributed by atoms with Crippen molar-refractivity contribution < 1.29 is 23.5 Å². The monoisotopic (exact) mass is 478 g/mol. The maximum Gasteiger partial charge on any atom is 0.341 e. The molecule has 1 amide bonds. The van der Waals surface area contributed by atoms with E-state index >= 15 is 0 Å². The van der Waals surface area contributed by atoms with Crippen LogP contribution in [-0.4, -0.2) is 25.1 Å².